The van der Waals surface area contributed by atoms with E-state index in [-0.39, 0.29) is 18.5 Å². The number of hydrogen-bond acceptors (Lipinski definition) is 4. The lowest BCUT2D eigenvalue weighted by molar-refractivity contribution is -0.192. The monoisotopic (exact) mass is 546 g/mol. The van der Waals surface area contributed by atoms with Crippen LogP contribution in [-0.4, -0.2) is 52.2 Å². The lowest BCUT2D eigenvalue weighted by atomic mass is 9.99. The van der Waals surface area contributed by atoms with E-state index in [2.05, 4.69) is 35.4 Å². The Morgan fingerprint density at radius 1 is 1.05 bits per heavy atom. The summed E-state index contributed by atoms with van der Waals surface area (Å²) >= 11 is 0. The minimum Gasteiger partial charge on any atom is -0.475 e. The number of nitrogens with one attached hydrogen (secondary N) is 2. The molecule has 0 heterocycles. The van der Waals surface area contributed by atoms with Crippen LogP contribution in [0.25, 0.3) is 0 Å². The Bertz CT molecular complexity index is 1060. The van der Waals surface area contributed by atoms with Gasteiger partial charge in [-0.2, -0.15) is 13.2 Å². The topological polar surface area (TPSA) is 119 Å². The van der Waals surface area contributed by atoms with Gasteiger partial charge in [-0.05, 0) is 61.4 Å². The molecule has 0 saturated carbocycles. The predicted molar refractivity (Wildman–Crippen MR) is 131 cm³/mol. The minimum absolute atomic E-state index is 0.0406. The Labute approximate surface area is 217 Å². The summed E-state index contributed by atoms with van der Waals surface area (Å²) in [6, 6.07) is 8.33. The van der Waals surface area contributed by atoms with E-state index in [1.165, 1.54) is 5.56 Å². The van der Waals surface area contributed by atoms with Crippen molar-refractivity contribution >= 4 is 12.1 Å². The average molecular weight is 547 g/mol. The number of aliphatic carboxylic acids is 1. The Balaban J connectivity index is 0.000000905. The molecule has 0 bridgehead atoms. The second kappa shape index (κ2) is 15.7. The molecule has 0 radical (unpaired) electrons. The number of carboxylic acids is 1. The number of hydrogen-bond donors (Lipinski definition) is 5. The van der Waals surface area contributed by atoms with Crippen LogP contribution < -0.4 is 10.6 Å². The fraction of sp³-hybridized carbons (Fsp3) is 0.385. The first-order valence-corrected chi connectivity index (χ1v) is 11.6. The van der Waals surface area contributed by atoms with Crippen molar-refractivity contribution in [1.82, 2.24) is 10.6 Å². The third-order valence-electron chi connectivity index (χ3n) is 5.28. The van der Waals surface area contributed by atoms with Crippen molar-refractivity contribution in [3.05, 3.63) is 82.9 Å². The number of alkyl halides is 3. The highest BCUT2D eigenvalue weighted by molar-refractivity contribution is 5.73. The highest BCUT2D eigenvalue weighted by Crippen LogP contribution is 2.16. The van der Waals surface area contributed by atoms with Crippen LogP contribution in [0.2, 0.25) is 0 Å². The maximum absolute atomic E-state index is 13.5. The second-order valence-corrected chi connectivity index (χ2v) is 8.49. The van der Waals surface area contributed by atoms with Crippen molar-refractivity contribution in [1.29, 1.82) is 0 Å². The third-order valence-corrected chi connectivity index (χ3v) is 5.28. The Morgan fingerprint density at radius 2 is 1.66 bits per heavy atom. The van der Waals surface area contributed by atoms with Crippen molar-refractivity contribution in [2.24, 2.45) is 0 Å². The Kier molecular flexibility index (Phi) is 13.4. The van der Waals surface area contributed by atoms with Gasteiger partial charge < -0.3 is 26.0 Å². The standard InChI is InChI=1S/C24H30F2N2O3.C2HF3O2/c1-3-4-5-6-18-8-7-16(2)9-19(18)14-27-15-23(29)22(28-24(30)31)12-17-10-20(25)13-21(26)11-17;3-2(4,5)1(6)7/h3,7-11,13,22-23,27-29H,1,4-6,12,14-15H2,2H3,(H,30,31);(H,6,7)/t22-,23+;/m0./s1. The first-order valence-electron chi connectivity index (χ1n) is 11.6. The number of rotatable bonds is 12. The largest absolute Gasteiger partial charge is 0.490 e. The Morgan fingerprint density at radius 3 is 2.18 bits per heavy atom. The van der Waals surface area contributed by atoms with Gasteiger partial charge in [0.15, 0.2) is 0 Å². The number of unbranched alkanes of at least 4 members (excludes halogenated alkanes) is 1. The number of halogens is 5. The molecule has 1 amide bonds. The van der Waals surface area contributed by atoms with E-state index in [4.69, 9.17) is 15.0 Å². The lowest BCUT2D eigenvalue weighted by Crippen LogP contribution is -2.48. The smallest absolute Gasteiger partial charge is 0.475 e. The fourth-order valence-corrected chi connectivity index (χ4v) is 3.52. The molecule has 38 heavy (non-hydrogen) atoms. The number of carbonyl (C=O) groups is 2. The molecule has 2 aromatic carbocycles. The van der Waals surface area contributed by atoms with Gasteiger partial charge in [-0.1, -0.05) is 29.8 Å². The zero-order chi connectivity index (χ0) is 28.9. The summed E-state index contributed by atoms with van der Waals surface area (Å²) in [5, 5.41) is 32.2. The van der Waals surface area contributed by atoms with Crippen LogP contribution in [0.1, 0.15) is 35.1 Å². The third kappa shape index (κ3) is 12.6. The molecule has 0 unspecified atom stereocenters. The summed E-state index contributed by atoms with van der Waals surface area (Å²) in [7, 11) is 0. The zero-order valence-corrected chi connectivity index (χ0v) is 20.7. The maximum Gasteiger partial charge on any atom is 0.490 e. The van der Waals surface area contributed by atoms with Gasteiger partial charge >= 0.3 is 18.2 Å². The van der Waals surface area contributed by atoms with Crippen LogP contribution in [0.5, 0.6) is 0 Å². The number of benzene rings is 2. The highest BCUT2D eigenvalue weighted by atomic mass is 19.4. The zero-order valence-electron chi connectivity index (χ0n) is 20.7. The molecule has 2 atom stereocenters. The first kappa shape index (κ1) is 32.5. The lowest BCUT2D eigenvalue weighted by Gasteiger charge is -2.24. The van der Waals surface area contributed by atoms with Crippen LogP contribution in [0, 0.1) is 18.6 Å². The van der Waals surface area contributed by atoms with E-state index < -0.39 is 42.0 Å². The van der Waals surface area contributed by atoms with E-state index in [9.17, 15) is 31.9 Å². The molecule has 0 spiro atoms. The van der Waals surface area contributed by atoms with Gasteiger partial charge in [0.25, 0.3) is 0 Å². The molecule has 5 N–H and O–H groups in total. The molecule has 0 aliphatic heterocycles. The van der Waals surface area contributed by atoms with Gasteiger partial charge in [-0.25, -0.2) is 18.4 Å². The summed E-state index contributed by atoms with van der Waals surface area (Å²) in [6.45, 7) is 6.38. The van der Waals surface area contributed by atoms with Gasteiger partial charge in [-0.3, -0.25) is 0 Å². The number of amides is 1. The van der Waals surface area contributed by atoms with Gasteiger partial charge in [-0.15, -0.1) is 6.58 Å². The van der Waals surface area contributed by atoms with Crippen molar-refractivity contribution in [2.75, 3.05) is 6.54 Å². The molecule has 2 rings (SSSR count). The number of aryl methyl sites for hydroxylation is 2. The number of allylic oxidation sites excluding steroid dienone is 1. The van der Waals surface area contributed by atoms with Gasteiger partial charge in [0.1, 0.15) is 11.6 Å². The molecular formula is C26H31F5N2O5. The highest BCUT2D eigenvalue weighted by Gasteiger charge is 2.38. The van der Waals surface area contributed by atoms with Crippen LogP contribution in [0.3, 0.4) is 0 Å². The van der Waals surface area contributed by atoms with Gasteiger partial charge in [0.05, 0.1) is 12.1 Å². The molecule has 12 heteroatoms. The normalized spacial score (nSPS) is 12.6. The molecular weight excluding hydrogens is 515 g/mol. The van der Waals surface area contributed by atoms with Crippen molar-refractivity contribution < 1.29 is 46.9 Å². The van der Waals surface area contributed by atoms with Crippen LogP contribution in [0.4, 0.5) is 26.7 Å². The van der Waals surface area contributed by atoms with Crippen LogP contribution in [0.15, 0.2) is 49.1 Å². The molecule has 0 fully saturated rings. The predicted octanol–water partition coefficient (Wildman–Crippen LogP) is 4.74. The summed E-state index contributed by atoms with van der Waals surface area (Å²) < 4.78 is 58.7. The second-order valence-electron chi connectivity index (χ2n) is 8.49. The van der Waals surface area contributed by atoms with E-state index >= 15 is 0 Å². The molecule has 0 saturated heterocycles. The van der Waals surface area contributed by atoms with Crippen LogP contribution in [-0.2, 0) is 24.2 Å². The van der Waals surface area contributed by atoms with E-state index in [0.29, 0.717) is 6.54 Å². The molecule has 2 aromatic rings. The quantitative estimate of drug-likeness (QED) is 0.149. The van der Waals surface area contributed by atoms with E-state index in [1.807, 2.05) is 13.0 Å². The van der Waals surface area contributed by atoms with Crippen molar-refractivity contribution in [3.63, 3.8) is 0 Å². The van der Waals surface area contributed by atoms with Crippen LogP contribution >= 0.6 is 0 Å². The number of carboxylic acid groups (broad SMARTS) is 2. The molecule has 0 aliphatic rings. The molecule has 7 nitrogen and oxygen atoms in total. The minimum atomic E-state index is -5.08. The first-order chi connectivity index (χ1) is 17.7. The van der Waals surface area contributed by atoms with E-state index in [0.717, 1.165) is 48.6 Å². The average Bonchev–Trinajstić information content (AvgIpc) is 2.79. The van der Waals surface area contributed by atoms with Crippen molar-refractivity contribution in [2.45, 2.75) is 57.5 Å². The molecule has 0 aromatic heterocycles. The van der Waals surface area contributed by atoms with Crippen molar-refractivity contribution in [3.8, 4) is 0 Å². The fourth-order valence-electron chi connectivity index (χ4n) is 3.52. The Hall–Kier alpha value is -3.51. The number of aliphatic hydroxyl groups excluding tert-OH is 1. The SMILES string of the molecule is C=CCCCc1ccc(C)cc1CNC[C@@H](O)[C@H](Cc1cc(F)cc(F)c1)NC(=O)O.O=C(O)C(F)(F)F. The molecule has 210 valence electrons. The summed E-state index contributed by atoms with van der Waals surface area (Å²) in [6.07, 6.45) is -2.79. The summed E-state index contributed by atoms with van der Waals surface area (Å²) in [5.41, 5.74) is 3.72. The maximum atomic E-state index is 13.5. The summed E-state index contributed by atoms with van der Waals surface area (Å²) in [5.74, 6) is -4.26. The summed E-state index contributed by atoms with van der Waals surface area (Å²) in [4.78, 5) is 20.0. The number of aliphatic hydroxyl groups is 1. The molecule has 0 aliphatic carbocycles. The van der Waals surface area contributed by atoms with Gasteiger partial charge in [0.2, 0.25) is 0 Å². The van der Waals surface area contributed by atoms with Gasteiger partial charge in [0, 0.05) is 19.2 Å². The van der Waals surface area contributed by atoms with E-state index in [1.54, 1.807) is 0 Å².